The van der Waals surface area contributed by atoms with Crippen LogP contribution in [0.3, 0.4) is 0 Å². The molecular weight excluding hydrogens is 505 g/mol. The van der Waals surface area contributed by atoms with E-state index < -0.39 is 12.1 Å². The Morgan fingerprint density at radius 1 is 1.11 bits per heavy atom. The quantitative estimate of drug-likeness (QED) is 0.355. The highest BCUT2D eigenvalue weighted by Gasteiger charge is 2.38. The van der Waals surface area contributed by atoms with E-state index in [2.05, 4.69) is 41.4 Å². The van der Waals surface area contributed by atoms with Crippen molar-refractivity contribution in [3.8, 4) is 16.2 Å². The van der Waals surface area contributed by atoms with Crippen molar-refractivity contribution >= 4 is 23.2 Å². The van der Waals surface area contributed by atoms with Crippen molar-refractivity contribution in [2.45, 2.75) is 38.5 Å². The molecule has 0 saturated carbocycles. The second kappa shape index (κ2) is 13.3. The molecular formula is C27H29F3N2O4S. The van der Waals surface area contributed by atoms with Gasteiger partial charge >= 0.3 is 12.1 Å². The van der Waals surface area contributed by atoms with E-state index in [9.17, 15) is 18.0 Å². The predicted octanol–water partition coefficient (Wildman–Crippen LogP) is 5.84. The molecule has 1 aromatic heterocycles. The number of carbonyl (C=O) groups excluding carboxylic acids is 1. The lowest BCUT2D eigenvalue weighted by atomic mass is 10.1. The van der Waals surface area contributed by atoms with Crippen molar-refractivity contribution < 1.29 is 32.6 Å². The van der Waals surface area contributed by atoms with Gasteiger partial charge in [-0.15, -0.1) is 11.3 Å². The highest BCUT2D eigenvalue weighted by atomic mass is 32.1. The minimum atomic E-state index is -5.08. The van der Waals surface area contributed by atoms with E-state index in [-0.39, 0.29) is 5.91 Å². The maximum Gasteiger partial charge on any atom is 0.490 e. The molecule has 0 bridgehead atoms. The second-order valence-electron chi connectivity index (χ2n) is 8.55. The minimum absolute atomic E-state index is 0.0510. The lowest BCUT2D eigenvalue weighted by Crippen LogP contribution is -2.27. The van der Waals surface area contributed by atoms with Gasteiger partial charge in [0.2, 0.25) is 0 Å². The summed E-state index contributed by atoms with van der Waals surface area (Å²) in [7, 11) is 0. The maximum atomic E-state index is 12.5. The molecule has 2 aromatic carbocycles. The predicted molar refractivity (Wildman–Crippen MR) is 137 cm³/mol. The number of hydrogen-bond acceptors (Lipinski definition) is 5. The van der Waals surface area contributed by atoms with Gasteiger partial charge in [0.15, 0.2) is 0 Å². The fourth-order valence-electron chi connectivity index (χ4n) is 3.84. The van der Waals surface area contributed by atoms with Crippen molar-refractivity contribution in [1.82, 2.24) is 10.2 Å². The summed E-state index contributed by atoms with van der Waals surface area (Å²) in [5.41, 5.74) is 2.51. The average Bonchev–Trinajstić information content (AvgIpc) is 3.52. The molecule has 1 saturated heterocycles. The largest absolute Gasteiger partial charge is 0.492 e. The van der Waals surface area contributed by atoms with Crippen LogP contribution in [0.2, 0.25) is 0 Å². The zero-order valence-electron chi connectivity index (χ0n) is 20.3. The van der Waals surface area contributed by atoms with Gasteiger partial charge in [0, 0.05) is 17.5 Å². The number of halogens is 3. The summed E-state index contributed by atoms with van der Waals surface area (Å²) in [5.74, 6) is -1.99. The third kappa shape index (κ3) is 8.91. The number of nitrogens with zero attached hydrogens (tertiary/aromatic N) is 1. The molecule has 2 N–H and O–H groups in total. The standard InChI is InChI=1S/C25H28N2O2S.C2HF3O2/c1-19-7-6-15-27(19)18-20-8-5-9-21(17-20)23-12-13-24(30-23)25(28)26-14-16-29-22-10-3-2-4-11-22;3-2(4,5)1(6)7/h2-5,8-13,17,19H,6-7,14-16,18H2,1H3,(H,26,28);(H,6,7). The number of para-hydroxylation sites is 1. The molecule has 2 heterocycles. The molecule has 1 fully saturated rings. The Balaban J connectivity index is 0.000000479. The molecule has 1 aliphatic rings. The molecule has 37 heavy (non-hydrogen) atoms. The molecule has 1 atom stereocenters. The van der Waals surface area contributed by atoms with E-state index in [4.69, 9.17) is 14.6 Å². The Morgan fingerprint density at radius 2 is 1.84 bits per heavy atom. The zero-order valence-corrected chi connectivity index (χ0v) is 21.1. The third-order valence-corrected chi connectivity index (χ3v) is 6.89. The molecule has 6 nitrogen and oxygen atoms in total. The Morgan fingerprint density at radius 3 is 2.49 bits per heavy atom. The smallest absolute Gasteiger partial charge is 0.490 e. The second-order valence-corrected chi connectivity index (χ2v) is 9.63. The molecule has 0 aliphatic carbocycles. The van der Waals surface area contributed by atoms with Crippen LogP contribution in [0.25, 0.3) is 10.4 Å². The van der Waals surface area contributed by atoms with Gasteiger partial charge in [0.1, 0.15) is 12.4 Å². The first-order valence-corrected chi connectivity index (χ1v) is 12.6. The van der Waals surface area contributed by atoms with E-state index in [1.54, 1.807) is 0 Å². The molecule has 10 heteroatoms. The van der Waals surface area contributed by atoms with E-state index in [1.165, 1.54) is 41.9 Å². The number of carboxylic acid groups (broad SMARTS) is 1. The first-order valence-electron chi connectivity index (χ1n) is 11.8. The SMILES string of the molecule is CC1CCCN1Cc1cccc(-c2ccc(C(=O)NCCOc3ccccc3)s2)c1.O=C(O)C(F)(F)F. The van der Waals surface area contributed by atoms with Crippen molar-refractivity contribution in [2.24, 2.45) is 0 Å². The van der Waals surface area contributed by atoms with Crippen molar-refractivity contribution in [3.05, 3.63) is 77.2 Å². The number of aliphatic carboxylic acids is 1. The number of carboxylic acids is 1. The van der Waals surface area contributed by atoms with E-state index in [1.807, 2.05) is 42.5 Å². The molecule has 1 amide bonds. The summed E-state index contributed by atoms with van der Waals surface area (Å²) < 4.78 is 37.4. The number of likely N-dealkylation sites (tertiary alicyclic amines) is 1. The summed E-state index contributed by atoms with van der Waals surface area (Å²) in [6.45, 7) is 5.42. The minimum Gasteiger partial charge on any atom is -0.492 e. The summed E-state index contributed by atoms with van der Waals surface area (Å²) in [5, 5.41) is 10.1. The van der Waals surface area contributed by atoms with Crippen LogP contribution in [0, 0.1) is 0 Å². The van der Waals surface area contributed by atoms with Crippen molar-refractivity contribution in [1.29, 1.82) is 0 Å². The number of carbonyl (C=O) groups is 2. The van der Waals surface area contributed by atoms with Crippen LogP contribution in [0.1, 0.15) is 35.0 Å². The molecule has 3 aromatic rings. The zero-order chi connectivity index (χ0) is 26.8. The van der Waals surface area contributed by atoms with Gasteiger partial charge in [-0.1, -0.05) is 36.4 Å². The van der Waals surface area contributed by atoms with Gasteiger partial charge in [0.05, 0.1) is 11.4 Å². The lowest BCUT2D eigenvalue weighted by Gasteiger charge is -2.21. The molecule has 0 radical (unpaired) electrons. The van der Waals surface area contributed by atoms with Crippen LogP contribution < -0.4 is 10.1 Å². The summed E-state index contributed by atoms with van der Waals surface area (Å²) in [6.07, 6.45) is -2.50. The molecule has 4 rings (SSSR count). The van der Waals surface area contributed by atoms with Gasteiger partial charge in [-0.25, -0.2) is 4.79 Å². The van der Waals surface area contributed by atoms with Crippen LogP contribution in [-0.4, -0.2) is 53.8 Å². The number of alkyl halides is 3. The number of hydrogen-bond donors (Lipinski definition) is 2. The lowest BCUT2D eigenvalue weighted by molar-refractivity contribution is -0.192. The Hall–Kier alpha value is -3.37. The van der Waals surface area contributed by atoms with Crippen LogP contribution in [-0.2, 0) is 11.3 Å². The Kier molecular flexibility index (Phi) is 10.1. The number of nitrogens with one attached hydrogen (secondary N) is 1. The number of thiophene rings is 1. The summed E-state index contributed by atoms with van der Waals surface area (Å²) in [4.78, 5) is 25.8. The van der Waals surface area contributed by atoms with Gasteiger partial charge in [-0.3, -0.25) is 9.69 Å². The fourth-order valence-corrected chi connectivity index (χ4v) is 4.76. The number of amides is 1. The topological polar surface area (TPSA) is 78.9 Å². The monoisotopic (exact) mass is 534 g/mol. The van der Waals surface area contributed by atoms with E-state index >= 15 is 0 Å². The highest BCUT2D eigenvalue weighted by Crippen LogP contribution is 2.29. The maximum absolute atomic E-state index is 12.5. The summed E-state index contributed by atoms with van der Waals surface area (Å²) >= 11 is 1.53. The van der Waals surface area contributed by atoms with Crippen LogP contribution in [0.5, 0.6) is 5.75 Å². The Bertz CT molecular complexity index is 1170. The normalized spacial score (nSPS) is 15.5. The molecule has 1 unspecified atom stereocenters. The van der Waals surface area contributed by atoms with Crippen LogP contribution in [0.15, 0.2) is 66.7 Å². The van der Waals surface area contributed by atoms with E-state index in [0.717, 1.165) is 22.0 Å². The number of ether oxygens (including phenoxy) is 1. The first-order chi connectivity index (χ1) is 17.6. The van der Waals surface area contributed by atoms with Gasteiger partial charge < -0.3 is 15.2 Å². The number of rotatable bonds is 8. The third-order valence-electron chi connectivity index (χ3n) is 5.76. The highest BCUT2D eigenvalue weighted by molar-refractivity contribution is 7.17. The molecule has 0 spiro atoms. The van der Waals surface area contributed by atoms with Crippen LogP contribution in [0.4, 0.5) is 13.2 Å². The van der Waals surface area contributed by atoms with Gasteiger partial charge in [-0.2, -0.15) is 13.2 Å². The molecule has 198 valence electrons. The fraction of sp³-hybridized carbons (Fsp3) is 0.333. The summed E-state index contributed by atoms with van der Waals surface area (Å²) in [6, 6.07) is 22.9. The van der Waals surface area contributed by atoms with Gasteiger partial charge in [-0.05, 0) is 67.8 Å². The van der Waals surface area contributed by atoms with Crippen molar-refractivity contribution in [3.63, 3.8) is 0 Å². The van der Waals surface area contributed by atoms with Gasteiger partial charge in [0.25, 0.3) is 5.91 Å². The van der Waals surface area contributed by atoms with Crippen LogP contribution >= 0.6 is 11.3 Å². The molecule has 1 aliphatic heterocycles. The number of benzene rings is 2. The average molecular weight is 535 g/mol. The first kappa shape index (κ1) is 28.2. The van der Waals surface area contributed by atoms with Crippen molar-refractivity contribution in [2.75, 3.05) is 19.7 Å². The Labute approximate surface area is 217 Å². The van der Waals surface area contributed by atoms with E-state index in [0.29, 0.717) is 19.2 Å².